The Morgan fingerprint density at radius 2 is 2.55 bits per heavy atom. The molecule has 11 heavy (non-hydrogen) atoms. The molecule has 0 aliphatic heterocycles. The molecule has 0 amide bonds. The van der Waals surface area contributed by atoms with Crippen molar-refractivity contribution in [1.82, 2.24) is 9.59 Å². The third kappa shape index (κ3) is 2.38. The van der Waals surface area contributed by atoms with Gasteiger partial charge in [-0.3, -0.25) is 4.79 Å². The van der Waals surface area contributed by atoms with Crippen LogP contribution in [0.25, 0.3) is 0 Å². The molecule has 1 aromatic rings. The summed E-state index contributed by atoms with van der Waals surface area (Å²) in [4.78, 5) is 11.2. The molecule has 0 spiro atoms. The summed E-state index contributed by atoms with van der Waals surface area (Å²) in [6.07, 6.45) is 2.58. The minimum Gasteiger partial charge on any atom is -0.292 e. The maximum Gasteiger partial charge on any atom is 0.183 e. The van der Waals surface area contributed by atoms with Crippen LogP contribution in [0.4, 0.5) is 0 Å². The first-order valence-electron chi connectivity index (χ1n) is 3.65. The molecule has 0 unspecified atom stereocenters. The van der Waals surface area contributed by atoms with E-state index in [2.05, 4.69) is 16.5 Å². The zero-order valence-electron chi connectivity index (χ0n) is 6.41. The number of nitrogens with zero attached hydrogens (tertiary/aromatic N) is 2. The third-order valence-electron chi connectivity index (χ3n) is 1.40. The van der Waals surface area contributed by atoms with E-state index in [4.69, 9.17) is 0 Å². The average Bonchev–Trinajstić information content (AvgIpc) is 2.52. The summed E-state index contributed by atoms with van der Waals surface area (Å²) in [6, 6.07) is 0. The highest BCUT2D eigenvalue weighted by molar-refractivity contribution is 7.03. The van der Waals surface area contributed by atoms with Crippen LogP contribution in [0.2, 0.25) is 0 Å². The number of aromatic nitrogens is 2. The van der Waals surface area contributed by atoms with Crippen molar-refractivity contribution < 1.29 is 4.79 Å². The van der Waals surface area contributed by atoms with E-state index in [9.17, 15) is 4.79 Å². The quantitative estimate of drug-likeness (QED) is 0.648. The summed E-state index contributed by atoms with van der Waals surface area (Å²) in [7, 11) is 0. The van der Waals surface area contributed by atoms with Gasteiger partial charge in [-0.1, -0.05) is 17.8 Å². The lowest BCUT2D eigenvalue weighted by atomic mass is 10.1. The Kier molecular flexibility index (Phi) is 3.16. The number of Topliss-reactive ketones (excluding diaryl/α,β-unsaturated/α-hetero) is 1. The van der Waals surface area contributed by atoms with Crippen LogP contribution in [0, 0.1) is 0 Å². The van der Waals surface area contributed by atoms with Crippen LogP contribution in [0.15, 0.2) is 5.38 Å². The number of carbonyl (C=O) groups excluding carboxylic acids is 1. The van der Waals surface area contributed by atoms with Gasteiger partial charge in [-0.15, -0.1) is 5.10 Å². The Labute approximate surface area is 69.6 Å². The van der Waals surface area contributed by atoms with E-state index in [1.807, 2.05) is 0 Å². The van der Waals surface area contributed by atoms with Crippen LogP contribution in [-0.4, -0.2) is 15.4 Å². The molecule has 0 N–H and O–H groups in total. The van der Waals surface area contributed by atoms with E-state index in [0.717, 1.165) is 12.8 Å². The molecule has 4 heteroatoms. The topological polar surface area (TPSA) is 42.9 Å². The second-order valence-corrected chi connectivity index (χ2v) is 2.93. The molecule has 0 aliphatic rings. The molecule has 0 saturated heterocycles. The van der Waals surface area contributed by atoms with Crippen LogP contribution >= 0.6 is 11.5 Å². The summed E-state index contributed by atoms with van der Waals surface area (Å²) in [5, 5.41) is 5.38. The van der Waals surface area contributed by atoms with E-state index in [1.54, 1.807) is 5.38 Å². The number of ketones is 1. The van der Waals surface area contributed by atoms with E-state index < -0.39 is 0 Å². The fraction of sp³-hybridized carbons (Fsp3) is 0.571. The maximum absolute atomic E-state index is 11.2. The van der Waals surface area contributed by atoms with Crippen LogP contribution in [0.3, 0.4) is 0 Å². The van der Waals surface area contributed by atoms with Crippen molar-refractivity contribution in [3.8, 4) is 0 Å². The molecule has 1 aromatic heterocycles. The standard InChI is InChI=1S/C7H10N2OS/c1-2-3-4-7(10)6-5-11-9-8-6/h5H,2-4H2,1H3. The van der Waals surface area contributed by atoms with Crippen molar-refractivity contribution in [2.45, 2.75) is 26.2 Å². The highest BCUT2D eigenvalue weighted by atomic mass is 32.1. The summed E-state index contributed by atoms with van der Waals surface area (Å²) >= 11 is 1.22. The van der Waals surface area contributed by atoms with Gasteiger partial charge in [0.05, 0.1) is 0 Å². The SMILES string of the molecule is CCCCC(=O)c1csnn1. The summed E-state index contributed by atoms with van der Waals surface area (Å²) < 4.78 is 3.62. The fourth-order valence-corrected chi connectivity index (χ4v) is 1.21. The fourth-order valence-electron chi connectivity index (χ4n) is 0.752. The molecule has 0 radical (unpaired) electrons. The van der Waals surface area contributed by atoms with Crippen molar-refractivity contribution in [2.24, 2.45) is 0 Å². The minimum absolute atomic E-state index is 0.112. The monoisotopic (exact) mass is 170 g/mol. The van der Waals surface area contributed by atoms with E-state index >= 15 is 0 Å². The highest BCUT2D eigenvalue weighted by Gasteiger charge is 2.06. The zero-order chi connectivity index (χ0) is 8.10. The van der Waals surface area contributed by atoms with Gasteiger partial charge in [-0.25, -0.2) is 0 Å². The zero-order valence-corrected chi connectivity index (χ0v) is 7.23. The first kappa shape index (κ1) is 8.33. The smallest absolute Gasteiger partial charge is 0.183 e. The van der Waals surface area contributed by atoms with Gasteiger partial charge in [0.25, 0.3) is 0 Å². The molecule has 0 aromatic carbocycles. The number of hydrogen-bond acceptors (Lipinski definition) is 4. The van der Waals surface area contributed by atoms with Crippen molar-refractivity contribution in [1.29, 1.82) is 0 Å². The van der Waals surface area contributed by atoms with Crippen molar-refractivity contribution >= 4 is 17.3 Å². The molecular weight excluding hydrogens is 160 g/mol. The van der Waals surface area contributed by atoms with Crippen LogP contribution < -0.4 is 0 Å². The van der Waals surface area contributed by atoms with Gasteiger partial charge in [0.15, 0.2) is 5.78 Å². The van der Waals surface area contributed by atoms with Crippen molar-refractivity contribution in [3.63, 3.8) is 0 Å². The molecule has 0 aliphatic carbocycles. The third-order valence-corrected chi connectivity index (χ3v) is 1.91. The Morgan fingerprint density at radius 3 is 3.09 bits per heavy atom. The van der Waals surface area contributed by atoms with Gasteiger partial charge in [-0.05, 0) is 18.0 Å². The van der Waals surface area contributed by atoms with Crippen LogP contribution in [0.5, 0.6) is 0 Å². The van der Waals surface area contributed by atoms with Gasteiger partial charge < -0.3 is 0 Å². The number of unbranched alkanes of at least 4 members (excludes halogenated alkanes) is 1. The molecular formula is C7H10N2OS. The first-order valence-corrected chi connectivity index (χ1v) is 4.48. The largest absolute Gasteiger partial charge is 0.292 e. The van der Waals surface area contributed by atoms with Gasteiger partial charge in [0.2, 0.25) is 0 Å². The van der Waals surface area contributed by atoms with Crippen LogP contribution in [-0.2, 0) is 0 Å². The molecule has 3 nitrogen and oxygen atoms in total. The Balaban J connectivity index is 2.43. The molecule has 1 heterocycles. The molecule has 0 saturated carbocycles. The lowest BCUT2D eigenvalue weighted by Gasteiger charge is -1.91. The first-order chi connectivity index (χ1) is 5.34. The summed E-state index contributed by atoms with van der Waals surface area (Å²) in [6.45, 7) is 2.06. The minimum atomic E-state index is 0.112. The summed E-state index contributed by atoms with van der Waals surface area (Å²) in [5.41, 5.74) is 0.517. The Bertz CT molecular complexity index is 220. The number of rotatable bonds is 4. The second kappa shape index (κ2) is 4.18. The predicted molar refractivity (Wildman–Crippen MR) is 43.8 cm³/mol. The van der Waals surface area contributed by atoms with Crippen LogP contribution in [0.1, 0.15) is 36.7 Å². The van der Waals surface area contributed by atoms with Gasteiger partial charge >= 0.3 is 0 Å². The predicted octanol–water partition coefficient (Wildman–Crippen LogP) is 1.91. The van der Waals surface area contributed by atoms with E-state index in [1.165, 1.54) is 11.5 Å². The summed E-state index contributed by atoms with van der Waals surface area (Å²) in [5.74, 6) is 0.112. The van der Waals surface area contributed by atoms with Gasteiger partial charge in [-0.2, -0.15) is 0 Å². The molecule has 60 valence electrons. The van der Waals surface area contributed by atoms with Gasteiger partial charge in [0, 0.05) is 11.8 Å². The Hall–Kier alpha value is -0.770. The molecule has 0 fully saturated rings. The lowest BCUT2D eigenvalue weighted by molar-refractivity contribution is 0.0975. The van der Waals surface area contributed by atoms with Crippen molar-refractivity contribution in [2.75, 3.05) is 0 Å². The average molecular weight is 170 g/mol. The second-order valence-electron chi connectivity index (χ2n) is 2.32. The molecule has 1 rings (SSSR count). The number of hydrogen-bond donors (Lipinski definition) is 0. The maximum atomic E-state index is 11.2. The normalized spacial score (nSPS) is 9.91. The van der Waals surface area contributed by atoms with E-state index in [0.29, 0.717) is 12.1 Å². The molecule has 0 bridgehead atoms. The van der Waals surface area contributed by atoms with Gasteiger partial charge in [0.1, 0.15) is 5.69 Å². The lowest BCUT2D eigenvalue weighted by Crippen LogP contribution is -1.98. The highest BCUT2D eigenvalue weighted by Crippen LogP contribution is 2.04. The van der Waals surface area contributed by atoms with Crippen molar-refractivity contribution in [3.05, 3.63) is 11.1 Å². The van der Waals surface area contributed by atoms with E-state index in [-0.39, 0.29) is 5.78 Å². The number of carbonyl (C=O) groups is 1. The molecule has 0 atom stereocenters. The Morgan fingerprint density at radius 1 is 1.73 bits per heavy atom.